The Hall–Kier alpha value is -4.66. The number of nitrogens with zero attached hydrogens (tertiary/aromatic N) is 1. The van der Waals surface area contributed by atoms with Gasteiger partial charge in [-0.2, -0.15) is 8.78 Å². The van der Waals surface area contributed by atoms with Crippen LogP contribution in [0.5, 0.6) is 11.5 Å². The predicted octanol–water partition coefficient (Wildman–Crippen LogP) is 10.4. The Morgan fingerprint density at radius 2 is 1.20 bits per heavy atom. The second kappa shape index (κ2) is 13.2. The van der Waals surface area contributed by atoms with Crippen LogP contribution in [0.2, 0.25) is 10.0 Å². The van der Waals surface area contributed by atoms with Crippen LogP contribution in [0.3, 0.4) is 0 Å². The first kappa shape index (κ1) is 35.2. The lowest BCUT2D eigenvalue weighted by Crippen LogP contribution is -2.64. The van der Waals surface area contributed by atoms with Gasteiger partial charge in [-0.1, -0.05) is 83.9 Å². The Labute approximate surface area is 299 Å². The van der Waals surface area contributed by atoms with Gasteiger partial charge < -0.3 is 19.5 Å². The van der Waals surface area contributed by atoms with Gasteiger partial charge in [-0.05, 0) is 103 Å². The van der Waals surface area contributed by atoms with E-state index in [9.17, 15) is 0 Å². The summed E-state index contributed by atoms with van der Waals surface area (Å²) in [6.07, 6.45) is 0. The van der Waals surface area contributed by atoms with Crippen LogP contribution >= 0.6 is 23.2 Å². The van der Waals surface area contributed by atoms with Gasteiger partial charge in [-0.15, -0.1) is 0 Å². The maximum Gasteiger partial charge on any atom is 0.315 e. The average molecular weight is 720 g/mol. The summed E-state index contributed by atoms with van der Waals surface area (Å²) in [6.45, 7) is 3.76. The molecule has 1 atom stereocenters. The van der Waals surface area contributed by atoms with Gasteiger partial charge in [0, 0.05) is 15.6 Å². The molecule has 258 valence electrons. The fourth-order valence-electron chi connectivity index (χ4n) is 6.52. The summed E-state index contributed by atoms with van der Waals surface area (Å²) in [4.78, 5) is 4.58. The van der Waals surface area contributed by atoms with Crippen LogP contribution in [-0.2, 0) is 15.8 Å². The van der Waals surface area contributed by atoms with Gasteiger partial charge in [0.25, 0.3) is 6.02 Å². The van der Waals surface area contributed by atoms with E-state index in [2.05, 4.69) is 10.3 Å². The number of amidine groups is 1. The summed E-state index contributed by atoms with van der Waals surface area (Å²) in [6, 6.07) is 32.9. The van der Waals surface area contributed by atoms with Crippen molar-refractivity contribution in [1.29, 1.82) is 0 Å². The van der Waals surface area contributed by atoms with Crippen LogP contribution in [-0.4, -0.2) is 31.8 Å². The highest BCUT2D eigenvalue weighted by Crippen LogP contribution is 2.53. The number of halogens is 5. The fraction of sp³-hybridized carbons (Fsp3) is 0.225. The highest BCUT2D eigenvalue weighted by molar-refractivity contribution is 6.35. The Morgan fingerprint density at radius 3 is 1.72 bits per heavy atom. The molecule has 0 amide bonds. The van der Waals surface area contributed by atoms with Crippen LogP contribution in [0.25, 0.3) is 11.1 Å². The fourth-order valence-corrected chi connectivity index (χ4v) is 7.04. The summed E-state index contributed by atoms with van der Waals surface area (Å²) < 4.78 is 66.5. The molecule has 10 heteroatoms. The summed E-state index contributed by atoms with van der Waals surface area (Å²) in [5.41, 5.74) is -3.00. The molecule has 6 rings (SSSR count). The number of hydrogen-bond donors (Lipinski definition) is 1. The van der Waals surface area contributed by atoms with Crippen LogP contribution in [0.4, 0.5) is 13.2 Å². The Morgan fingerprint density at radius 1 is 0.680 bits per heavy atom. The first-order valence-corrected chi connectivity index (χ1v) is 16.6. The van der Waals surface area contributed by atoms with Crippen LogP contribution in [0.1, 0.15) is 43.0 Å². The Balaban J connectivity index is 1.60. The number of ether oxygens (including phenoxy) is 3. The minimum Gasteiger partial charge on any atom is -0.497 e. The summed E-state index contributed by atoms with van der Waals surface area (Å²) >= 11 is 12.5. The number of methoxy groups -OCH3 is 2. The third-order valence-electron chi connectivity index (χ3n) is 9.28. The molecule has 5 aromatic rings. The molecule has 1 heterocycles. The van der Waals surface area contributed by atoms with Gasteiger partial charge in [0.2, 0.25) is 0 Å². The lowest BCUT2D eigenvalue weighted by Gasteiger charge is -2.49. The van der Waals surface area contributed by atoms with E-state index in [1.165, 1.54) is 32.9 Å². The molecule has 50 heavy (non-hydrogen) atoms. The summed E-state index contributed by atoms with van der Waals surface area (Å²) in [7, 11) is 3.15. The second-order valence-electron chi connectivity index (χ2n) is 12.7. The third-order valence-corrected chi connectivity index (χ3v) is 9.71. The van der Waals surface area contributed by atoms with E-state index in [0.717, 1.165) is 22.8 Å². The van der Waals surface area contributed by atoms with Gasteiger partial charge in [-0.25, -0.2) is 9.38 Å². The predicted molar refractivity (Wildman–Crippen MR) is 192 cm³/mol. The minimum absolute atomic E-state index is 0.213. The topological polar surface area (TPSA) is 52.1 Å². The molecule has 0 saturated heterocycles. The molecule has 1 aliphatic rings. The van der Waals surface area contributed by atoms with E-state index < -0.39 is 28.4 Å². The first-order valence-electron chi connectivity index (χ1n) is 15.8. The van der Waals surface area contributed by atoms with Crippen molar-refractivity contribution in [2.24, 2.45) is 4.99 Å². The van der Waals surface area contributed by atoms with Gasteiger partial charge in [-0.3, -0.25) is 0 Å². The second-order valence-corrected chi connectivity index (χ2v) is 13.6. The molecular weight excluding hydrogens is 684 g/mol. The quantitative estimate of drug-likeness (QED) is 0.162. The first-order chi connectivity index (χ1) is 23.7. The van der Waals surface area contributed by atoms with Crippen molar-refractivity contribution in [3.8, 4) is 22.6 Å². The van der Waals surface area contributed by atoms with E-state index in [0.29, 0.717) is 32.7 Å². The number of rotatable bonds is 8. The zero-order chi connectivity index (χ0) is 35.9. The zero-order valence-corrected chi connectivity index (χ0v) is 29.5. The number of aliphatic imine (C=N–C) groups is 1. The SMILES string of the molecule is COc1ccc(C(NC2=NC(C)(c3cc(-c4cc(Cl)cc(Cl)c4)ccc3F)C(F)(F)C(C)(C)O2)(c2ccccc2)c2ccc(OC)cc2)cc1. The molecule has 0 radical (unpaired) electrons. The van der Waals surface area contributed by atoms with E-state index >= 15 is 13.2 Å². The molecule has 5 nitrogen and oxygen atoms in total. The number of alkyl halides is 2. The highest BCUT2D eigenvalue weighted by atomic mass is 35.5. The van der Waals surface area contributed by atoms with Crippen molar-refractivity contribution >= 4 is 29.2 Å². The molecule has 0 aliphatic carbocycles. The van der Waals surface area contributed by atoms with Crippen molar-refractivity contribution in [2.75, 3.05) is 14.2 Å². The zero-order valence-electron chi connectivity index (χ0n) is 28.0. The van der Waals surface area contributed by atoms with Crippen molar-refractivity contribution < 1.29 is 27.4 Å². The van der Waals surface area contributed by atoms with Crippen LogP contribution in [0.15, 0.2) is 120 Å². The van der Waals surface area contributed by atoms with Crippen LogP contribution < -0.4 is 14.8 Å². The Kier molecular flexibility index (Phi) is 9.31. The molecule has 0 aromatic heterocycles. The van der Waals surface area contributed by atoms with E-state index in [4.69, 9.17) is 37.4 Å². The van der Waals surface area contributed by atoms with E-state index in [-0.39, 0.29) is 11.6 Å². The van der Waals surface area contributed by atoms with E-state index in [1.54, 1.807) is 32.4 Å². The molecule has 0 bridgehead atoms. The van der Waals surface area contributed by atoms with Crippen LogP contribution in [0, 0.1) is 5.82 Å². The minimum atomic E-state index is -3.70. The molecule has 0 fully saturated rings. The monoisotopic (exact) mass is 718 g/mol. The molecule has 1 unspecified atom stereocenters. The van der Waals surface area contributed by atoms with Crippen molar-refractivity contribution in [3.63, 3.8) is 0 Å². The highest BCUT2D eigenvalue weighted by Gasteiger charge is 2.66. The molecule has 0 saturated carbocycles. The van der Waals surface area contributed by atoms with Gasteiger partial charge in [0.05, 0.1) is 14.2 Å². The largest absolute Gasteiger partial charge is 0.497 e. The molecule has 0 spiro atoms. The average Bonchev–Trinajstić information content (AvgIpc) is 3.10. The number of hydrogen-bond acceptors (Lipinski definition) is 5. The maximum atomic E-state index is 16.8. The lowest BCUT2D eigenvalue weighted by atomic mass is 9.75. The van der Waals surface area contributed by atoms with Crippen molar-refractivity contribution in [1.82, 2.24) is 5.32 Å². The maximum absolute atomic E-state index is 16.8. The van der Waals surface area contributed by atoms with Gasteiger partial charge in [0.15, 0.2) is 11.1 Å². The smallest absolute Gasteiger partial charge is 0.315 e. The number of benzene rings is 5. The third kappa shape index (κ3) is 6.05. The van der Waals surface area contributed by atoms with Crippen molar-refractivity contribution in [2.45, 2.75) is 43.4 Å². The normalized spacial score (nSPS) is 18.1. The van der Waals surface area contributed by atoms with Crippen molar-refractivity contribution in [3.05, 3.63) is 153 Å². The summed E-state index contributed by atoms with van der Waals surface area (Å²) in [5, 5.41) is 4.14. The Bertz CT molecular complexity index is 1970. The molecular formula is C40H35Cl2F3N2O3. The standard InChI is InChI=1S/C40H35Cl2F3N2O3/c1-37(2)40(44,45)38(3,34-23-25(11-20-35(34)43)26-21-30(41)24-31(42)22-26)46-36(50-37)47-39(27-9-7-6-8-10-27,28-12-16-32(48-4)17-13-28)29-14-18-33(49-5)19-15-29/h6-24H,1-5H3,(H,46,47). The van der Waals surface area contributed by atoms with Gasteiger partial charge in [0.1, 0.15) is 22.9 Å². The van der Waals surface area contributed by atoms with Gasteiger partial charge >= 0.3 is 5.92 Å². The summed E-state index contributed by atoms with van der Waals surface area (Å²) in [5.74, 6) is -3.31. The van der Waals surface area contributed by atoms with E-state index in [1.807, 2.05) is 78.9 Å². The lowest BCUT2D eigenvalue weighted by molar-refractivity contribution is -0.209. The molecule has 5 aromatic carbocycles. The molecule has 1 aliphatic heterocycles. The molecule has 1 N–H and O–H groups in total. The number of nitrogens with one attached hydrogen (secondary N) is 1.